The molecule has 1 aromatic heterocycles. The molecule has 4 heteroatoms. The fourth-order valence-corrected chi connectivity index (χ4v) is 3.20. The number of aryl methyl sites for hydroxylation is 2. The van der Waals surface area contributed by atoms with Crippen LogP contribution in [-0.4, -0.2) is 10.1 Å². The van der Waals surface area contributed by atoms with E-state index in [-0.39, 0.29) is 5.92 Å². The minimum Gasteiger partial charge on any atom is -0.387 e. The Balaban J connectivity index is 1.60. The average molecular weight is 367 g/mol. The van der Waals surface area contributed by atoms with Gasteiger partial charge in [-0.3, -0.25) is 4.98 Å². The molecule has 0 saturated carbocycles. The van der Waals surface area contributed by atoms with Gasteiger partial charge in [0.15, 0.2) is 0 Å². The van der Waals surface area contributed by atoms with Gasteiger partial charge < -0.3 is 5.11 Å². The Hall–Kier alpha value is -2.59. The molecule has 0 aliphatic heterocycles. The largest absolute Gasteiger partial charge is 0.387 e. The predicted molar refractivity (Wildman–Crippen MR) is 102 cm³/mol. The Morgan fingerprint density at radius 1 is 0.852 bits per heavy atom. The van der Waals surface area contributed by atoms with E-state index in [4.69, 9.17) is 0 Å². The smallest absolute Gasteiger partial charge is 0.126 e. The molecule has 0 saturated heterocycles. The van der Waals surface area contributed by atoms with Crippen molar-refractivity contribution in [2.75, 3.05) is 0 Å². The first-order chi connectivity index (χ1) is 13.0. The zero-order valence-electron chi connectivity index (χ0n) is 15.3. The van der Waals surface area contributed by atoms with Crippen molar-refractivity contribution in [2.24, 2.45) is 5.92 Å². The highest BCUT2D eigenvalue weighted by Gasteiger charge is 2.19. The molecule has 0 radical (unpaired) electrons. The van der Waals surface area contributed by atoms with Crippen LogP contribution in [-0.2, 0) is 19.3 Å². The van der Waals surface area contributed by atoms with Crippen molar-refractivity contribution >= 4 is 0 Å². The minimum absolute atomic E-state index is 0.214. The molecule has 27 heavy (non-hydrogen) atoms. The highest BCUT2D eigenvalue weighted by Crippen LogP contribution is 2.24. The second-order valence-corrected chi connectivity index (χ2v) is 6.98. The molecule has 1 heterocycles. The molecule has 2 aromatic carbocycles. The lowest BCUT2D eigenvalue weighted by Crippen LogP contribution is -2.14. The lowest BCUT2D eigenvalue weighted by atomic mass is 9.93. The summed E-state index contributed by atoms with van der Waals surface area (Å²) < 4.78 is 26.7. The van der Waals surface area contributed by atoms with Gasteiger partial charge in [0.05, 0.1) is 11.8 Å². The van der Waals surface area contributed by atoms with Crippen LogP contribution in [0.1, 0.15) is 35.4 Å². The van der Waals surface area contributed by atoms with Crippen molar-refractivity contribution < 1.29 is 13.9 Å². The maximum absolute atomic E-state index is 13.3. The van der Waals surface area contributed by atoms with Crippen molar-refractivity contribution in [3.63, 3.8) is 0 Å². The molecule has 0 aliphatic rings. The number of rotatable bonds is 7. The Labute approximate surface area is 158 Å². The van der Waals surface area contributed by atoms with Gasteiger partial charge in [0, 0.05) is 12.3 Å². The number of halogens is 2. The first-order valence-electron chi connectivity index (χ1n) is 9.13. The Kier molecular flexibility index (Phi) is 6.30. The minimum atomic E-state index is -0.792. The molecular weight excluding hydrogens is 344 g/mol. The molecule has 0 spiro atoms. The van der Waals surface area contributed by atoms with Crippen molar-refractivity contribution in [2.45, 2.75) is 32.3 Å². The molecule has 0 bridgehead atoms. The van der Waals surface area contributed by atoms with Crippen LogP contribution in [0.5, 0.6) is 0 Å². The predicted octanol–water partition coefficient (Wildman–Crippen LogP) is 5.06. The van der Waals surface area contributed by atoms with Crippen molar-refractivity contribution in [1.82, 2.24) is 4.98 Å². The molecule has 3 aromatic rings. The third-order valence-electron chi connectivity index (χ3n) is 4.71. The van der Waals surface area contributed by atoms with E-state index < -0.39 is 17.7 Å². The van der Waals surface area contributed by atoms with E-state index in [1.54, 1.807) is 6.20 Å². The Bertz CT molecular complexity index is 845. The molecule has 0 amide bonds. The second kappa shape index (κ2) is 8.87. The van der Waals surface area contributed by atoms with Gasteiger partial charge in [-0.25, -0.2) is 8.78 Å². The van der Waals surface area contributed by atoms with E-state index in [1.165, 1.54) is 17.7 Å². The number of hydrogen-bond donors (Lipinski definition) is 1. The first-order valence-corrected chi connectivity index (χ1v) is 9.13. The van der Waals surface area contributed by atoms with Crippen LogP contribution in [0, 0.1) is 17.6 Å². The van der Waals surface area contributed by atoms with Crippen molar-refractivity contribution in [3.8, 4) is 0 Å². The van der Waals surface area contributed by atoms with Crippen LogP contribution in [0.2, 0.25) is 0 Å². The van der Waals surface area contributed by atoms with Crippen LogP contribution in [0.25, 0.3) is 0 Å². The molecule has 2 nitrogen and oxygen atoms in total. The lowest BCUT2D eigenvalue weighted by molar-refractivity contribution is 0.113. The third-order valence-corrected chi connectivity index (χ3v) is 4.71. The maximum atomic E-state index is 13.3. The first kappa shape index (κ1) is 19.2. The standard InChI is InChI=1S/C23H23F2NO/c1-16(11-19-12-20(24)14-21(25)13-19)23(27)22-10-9-18(15-26-22)8-7-17-5-3-2-4-6-17/h2-6,9-10,12-16,23,27H,7-8,11H2,1H3/t16-,23?/m0/s1. The van der Waals surface area contributed by atoms with Gasteiger partial charge in [-0.1, -0.05) is 43.3 Å². The summed E-state index contributed by atoms with van der Waals surface area (Å²) in [5.74, 6) is -1.42. The monoisotopic (exact) mass is 367 g/mol. The van der Waals surface area contributed by atoms with E-state index in [0.717, 1.165) is 24.5 Å². The normalized spacial score (nSPS) is 13.3. The second-order valence-electron chi connectivity index (χ2n) is 6.98. The molecule has 3 rings (SSSR count). The number of pyridine rings is 1. The van der Waals surface area contributed by atoms with Crippen molar-refractivity contribution in [1.29, 1.82) is 0 Å². The fourth-order valence-electron chi connectivity index (χ4n) is 3.20. The summed E-state index contributed by atoms with van der Waals surface area (Å²) >= 11 is 0. The van der Waals surface area contributed by atoms with Crippen LogP contribution in [0.4, 0.5) is 8.78 Å². The summed E-state index contributed by atoms with van der Waals surface area (Å²) in [4.78, 5) is 4.39. The van der Waals surface area contributed by atoms with Crippen LogP contribution in [0.15, 0.2) is 66.9 Å². The number of aromatic nitrogens is 1. The molecule has 1 N–H and O–H groups in total. The zero-order valence-corrected chi connectivity index (χ0v) is 15.3. The quantitative estimate of drug-likeness (QED) is 0.633. The summed E-state index contributed by atoms with van der Waals surface area (Å²) in [7, 11) is 0. The molecule has 140 valence electrons. The Morgan fingerprint density at radius 2 is 1.52 bits per heavy atom. The third kappa shape index (κ3) is 5.44. The topological polar surface area (TPSA) is 33.1 Å². The summed E-state index contributed by atoms with van der Waals surface area (Å²) in [5.41, 5.74) is 3.48. The van der Waals surface area contributed by atoms with Gasteiger partial charge in [-0.05, 0) is 60.1 Å². The number of benzene rings is 2. The number of aliphatic hydroxyl groups is 1. The van der Waals surface area contributed by atoms with Gasteiger partial charge in [-0.2, -0.15) is 0 Å². The van der Waals surface area contributed by atoms with E-state index in [9.17, 15) is 13.9 Å². The fraction of sp³-hybridized carbons (Fsp3) is 0.261. The van der Waals surface area contributed by atoms with E-state index >= 15 is 0 Å². The van der Waals surface area contributed by atoms with E-state index in [1.807, 2.05) is 37.3 Å². The van der Waals surface area contributed by atoms with Gasteiger partial charge in [0.1, 0.15) is 11.6 Å². The van der Waals surface area contributed by atoms with E-state index in [2.05, 4.69) is 17.1 Å². The maximum Gasteiger partial charge on any atom is 0.126 e. The number of nitrogens with zero attached hydrogens (tertiary/aromatic N) is 1. The summed E-state index contributed by atoms with van der Waals surface area (Å²) in [6.07, 6.45) is 3.18. The summed E-state index contributed by atoms with van der Waals surface area (Å²) in [6.45, 7) is 1.85. The van der Waals surface area contributed by atoms with Crippen LogP contribution >= 0.6 is 0 Å². The van der Waals surface area contributed by atoms with Crippen molar-refractivity contribution in [3.05, 3.63) is 101 Å². The van der Waals surface area contributed by atoms with Gasteiger partial charge in [-0.15, -0.1) is 0 Å². The van der Waals surface area contributed by atoms with Gasteiger partial charge >= 0.3 is 0 Å². The van der Waals surface area contributed by atoms with Crippen LogP contribution < -0.4 is 0 Å². The Morgan fingerprint density at radius 3 is 2.15 bits per heavy atom. The lowest BCUT2D eigenvalue weighted by Gasteiger charge is -2.19. The summed E-state index contributed by atoms with van der Waals surface area (Å²) in [6, 6.07) is 17.5. The zero-order chi connectivity index (χ0) is 19.2. The number of aliphatic hydroxyl groups excluding tert-OH is 1. The highest BCUT2D eigenvalue weighted by molar-refractivity contribution is 5.22. The number of hydrogen-bond acceptors (Lipinski definition) is 2. The molecule has 2 atom stereocenters. The molecule has 1 unspecified atom stereocenters. The van der Waals surface area contributed by atoms with Crippen LogP contribution in [0.3, 0.4) is 0 Å². The van der Waals surface area contributed by atoms with Gasteiger partial charge in [0.2, 0.25) is 0 Å². The SMILES string of the molecule is C[C@@H](Cc1cc(F)cc(F)c1)C(O)c1ccc(CCc2ccccc2)cn1. The van der Waals surface area contributed by atoms with E-state index in [0.29, 0.717) is 17.7 Å². The average Bonchev–Trinajstić information content (AvgIpc) is 2.66. The summed E-state index contributed by atoms with van der Waals surface area (Å²) in [5, 5.41) is 10.5. The molecule has 0 fully saturated rings. The van der Waals surface area contributed by atoms with Gasteiger partial charge in [0.25, 0.3) is 0 Å². The molecule has 0 aliphatic carbocycles. The molecular formula is C23H23F2NO. The highest BCUT2D eigenvalue weighted by atomic mass is 19.1.